The summed E-state index contributed by atoms with van der Waals surface area (Å²) in [7, 11) is -0.183. The van der Waals surface area contributed by atoms with Crippen LogP contribution >= 0.6 is 11.6 Å². The predicted molar refractivity (Wildman–Crippen MR) is 161 cm³/mol. The Morgan fingerprint density at radius 2 is 2.00 bits per heavy atom. The van der Waals surface area contributed by atoms with E-state index < -0.39 is 16.5 Å². The fourth-order valence-electron chi connectivity index (χ4n) is 6.99. The molecule has 40 heavy (non-hydrogen) atoms. The number of allylic oxidation sites excluding steroid dienone is 1. The molecule has 0 saturated heterocycles. The Labute approximate surface area is 244 Å². The highest BCUT2D eigenvalue weighted by Gasteiger charge is 2.40. The second kappa shape index (κ2) is 11.9. The first-order valence-electron chi connectivity index (χ1n) is 14.6. The molecule has 7 atom stereocenters. The van der Waals surface area contributed by atoms with Gasteiger partial charge in [-0.15, -0.1) is 0 Å². The molecule has 0 N–H and O–H groups in total. The van der Waals surface area contributed by atoms with Crippen LogP contribution in [0.3, 0.4) is 0 Å². The van der Waals surface area contributed by atoms with Crippen molar-refractivity contribution < 1.29 is 18.5 Å². The van der Waals surface area contributed by atoms with Gasteiger partial charge in [-0.2, -0.15) is 4.36 Å². The number of aryl methyl sites for hydroxylation is 1. The molecule has 214 valence electrons. The van der Waals surface area contributed by atoms with Gasteiger partial charge >= 0.3 is 0 Å². The Morgan fingerprint density at radius 3 is 2.80 bits per heavy atom. The first-order chi connectivity index (χ1) is 19.4. The number of methoxy groups -OCH3 is 1. The molecule has 4 aliphatic rings. The summed E-state index contributed by atoms with van der Waals surface area (Å²) in [6.07, 6.45) is 10.5. The minimum Gasteiger partial charge on any atom is -0.488 e. The SMILES string of the molecule is CO[C@H]1/C=C/C[C@H](C)C/[SH](=O)=N\C(=O)c2ccc3c(c2)N(C[C@@H]2CC[C@H]21)C[C@@H]1c2ccc(Cl)cc2CCCC1O3. The van der Waals surface area contributed by atoms with Crippen LogP contribution < -0.4 is 9.64 Å². The number of fused-ring (bicyclic) bond motifs is 5. The molecular formula is C32H39ClN2O4S. The van der Waals surface area contributed by atoms with Crippen LogP contribution in [0.2, 0.25) is 5.02 Å². The van der Waals surface area contributed by atoms with Crippen LogP contribution in [0.1, 0.15) is 66.4 Å². The van der Waals surface area contributed by atoms with Crippen LogP contribution in [-0.2, 0) is 21.8 Å². The summed E-state index contributed by atoms with van der Waals surface area (Å²) in [5.74, 6) is 2.03. The maximum atomic E-state index is 13.1. The average molecular weight is 583 g/mol. The van der Waals surface area contributed by atoms with Gasteiger partial charge in [0.2, 0.25) is 0 Å². The van der Waals surface area contributed by atoms with Crippen molar-refractivity contribution >= 4 is 33.8 Å². The zero-order valence-electron chi connectivity index (χ0n) is 23.3. The lowest BCUT2D eigenvalue weighted by Gasteiger charge is -2.43. The van der Waals surface area contributed by atoms with Gasteiger partial charge < -0.3 is 14.4 Å². The minimum absolute atomic E-state index is 0.0364. The fourth-order valence-corrected chi connectivity index (χ4v) is 8.27. The van der Waals surface area contributed by atoms with Gasteiger partial charge in [0.1, 0.15) is 11.9 Å². The molecule has 0 aromatic heterocycles. The molecule has 8 heteroatoms. The van der Waals surface area contributed by atoms with E-state index in [1.54, 1.807) is 13.2 Å². The zero-order chi connectivity index (χ0) is 27.8. The number of hydrogen-bond donors (Lipinski definition) is 1. The molecule has 1 saturated carbocycles. The third-order valence-electron chi connectivity index (χ3n) is 9.29. The maximum absolute atomic E-state index is 13.1. The van der Waals surface area contributed by atoms with Crippen molar-refractivity contribution in [2.45, 2.75) is 63.6 Å². The van der Waals surface area contributed by atoms with Crippen LogP contribution in [0.5, 0.6) is 5.75 Å². The molecule has 2 aliphatic heterocycles. The van der Waals surface area contributed by atoms with Crippen molar-refractivity contribution in [2.75, 3.05) is 30.9 Å². The summed E-state index contributed by atoms with van der Waals surface area (Å²) in [5, 5.41) is 0.774. The quantitative estimate of drug-likeness (QED) is 0.308. The Balaban J connectivity index is 1.42. The second-order valence-corrected chi connectivity index (χ2v) is 13.7. The number of nitrogens with zero attached hydrogens (tertiary/aromatic N) is 2. The van der Waals surface area contributed by atoms with Gasteiger partial charge in [0.25, 0.3) is 5.91 Å². The van der Waals surface area contributed by atoms with E-state index in [0.717, 1.165) is 68.1 Å². The van der Waals surface area contributed by atoms with E-state index in [4.69, 9.17) is 21.1 Å². The Kier molecular flexibility index (Phi) is 8.25. The van der Waals surface area contributed by atoms with Crippen LogP contribution in [0.25, 0.3) is 0 Å². The highest BCUT2D eigenvalue weighted by atomic mass is 35.5. The smallest absolute Gasteiger partial charge is 0.284 e. The number of hydrogen-bond acceptors (Lipinski definition) is 5. The van der Waals surface area contributed by atoms with Gasteiger partial charge in [0, 0.05) is 53.1 Å². The largest absolute Gasteiger partial charge is 0.488 e. The summed E-state index contributed by atoms with van der Waals surface area (Å²) >= 11 is 6.40. The number of rotatable bonds is 1. The molecule has 2 heterocycles. The van der Waals surface area contributed by atoms with Crippen molar-refractivity contribution in [3.05, 3.63) is 70.3 Å². The van der Waals surface area contributed by atoms with Gasteiger partial charge in [-0.25, -0.2) is 0 Å². The predicted octanol–water partition coefficient (Wildman–Crippen LogP) is 6.47. The summed E-state index contributed by atoms with van der Waals surface area (Å²) < 4.78 is 29.6. The molecule has 2 unspecified atom stereocenters. The number of benzene rings is 2. The molecule has 0 spiro atoms. The van der Waals surface area contributed by atoms with E-state index in [0.29, 0.717) is 23.2 Å². The number of halogens is 1. The first kappa shape index (κ1) is 27.8. The number of amides is 1. The van der Waals surface area contributed by atoms with Crippen molar-refractivity contribution in [1.29, 1.82) is 0 Å². The van der Waals surface area contributed by atoms with Crippen molar-refractivity contribution in [2.24, 2.45) is 22.1 Å². The number of carbonyl (C=O) groups is 1. The summed E-state index contributed by atoms with van der Waals surface area (Å²) in [4.78, 5) is 15.6. The van der Waals surface area contributed by atoms with E-state index in [9.17, 15) is 9.00 Å². The topological polar surface area (TPSA) is 68.2 Å². The third-order valence-corrected chi connectivity index (χ3v) is 10.9. The van der Waals surface area contributed by atoms with Crippen molar-refractivity contribution in [3.8, 4) is 5.75 Å². The molecule has 6 rings (SSSR count). The Bertz CT molecular complexity index is 1390. The van der Waals surface area contributed by atoms with Crippen LogP contribution in [0, 0.1) is 17.8 Å². The van der Waals surface area contributed by atoms with E-state index in [2.05, 4.69) is 40.5 Å². The average Bonchev–Trinajstić information content (AvgIpc) is 3.16. The van der Waals surface area contributed by atoms with Crippen LogP contribution in [-0.4, -0.2) is 48.3 Å². The monoisotopic (exact) mass is 582 g/mol. The lowest BCUT2D eigenvalue weighted by molar-refractivity contribution is 0.0134. The lowest BCUT2D eigenvalue weighted by Crippen LogP contribution is -2.44. The molecule has 1 amide bonds. The van der Waals surface area contributed by atoms with E-state index in [1.807, 2.05) is 18.2 Å². The van der Waals surface area contributed by atoms with Gasteiger partial charge in [0.05, 0.1) is 11.8 Å². The number of ether oxygens (including phenoxy) is 2. The Hall–Kier alpha value is -2.35. The zero-order valence-corrected chi connectivity index (χ0v) is 24.9. The molecule has 2 aliphatic carbocycles. The molecular weight excluding hydrogens is 544 g/mol. The second-order valence-electron chi connectivity index (χ2n) is 12.0. The van der Waals surface area contributed by atoms with Crippen molar-refractivity contribution in [1.82, 2.24) is 0 Å². The molecule has 6 nitrogen and oxygen atoms in total. The van der Waals surface area contributed by atoms with Gasteiger partial charge in [-0.3, -0.25) is 9.00 Å². The fraction of sp³-hybridized carbons (Fsp3) is 0.531. The third kappa shape index (κ3) is 5.70. The first-order valence-corrected chi connectivity index (χ1v) is 16.4. The lowest BCUT2D eigenvalue weighted by atomic mass is 9.70. The van der Waals surface area contributed by atoms with Crippen LogP contribution in [0.4, 0.5) is 5.69 Å². The molecule has 0 radical (unpaired) electrons. The van der Waals surface area contributed by atoms with Crippen molar-refractivity contribution in [3.63, 3.8) is 0 Å². The van der Waals surface area contributed by atoms with Crippen LogP contribution in [0.15, 0.2) is 52.9 Å². The van der Waals surface area contributed by atoms with E-state index >= 15 is 0 Å². The molecule has 2 bridgehead atoms. The summed E-state index contributed by atoms with van der Waals surface area (Å²) in [6, 6.07) is 11.9. The van der Waals surface area contributed by atoms with E-state index in [1.165, 1.54) is 11.1 Å². The molecule has 1 fully saturated rings. The number of anilines is 1. The van der Waals surface area contributed by atoms with Gasteiger partial charge in [-0.1, -0.05) is 36.7 Å². The highest BCUT2D eigenvalue weighted by molar-refractivity contribution is 7.75. The maximum Gasteiger partial charge on any atom is 0.284 e. The van der Waals surface area contributed by atoms with E-state index in [-0.39, 0.29) is 24.0 Å². The number of thiol groups is 1. The summed E-state index contributed by atoms with van der Waals surface area (Å²) in [6.45, 7) is 3.71. The summed E-state index contributed by atoms with van der Waals surface area (Å²) in [5.41, 5.74) is 4.01. The van der Waals surface area contributed by atoms with Gasteiger partial charge in [-0.05, 0) is 97.7 Å². The Morgan fingerprint density at radius 1 is 1.12 bits per heavy atom. The highest BCUT2D eigenvalue weighted by Crippen LogP contribution is 2.45. The van der Waals surface area contributed by atoms with Gasteiger partial charge in [0.15, 0.2) is 0 Å². The molecule has 2 aromatic carbocycles. The number of carbonyl (C=O) groups excluding carboxylic acids is 1. The normalized spacial score (nSPS) is 33.4. The molecule has 2 aromatic rings. The minimum atomic E-state index is -1.98. The standard InChI is InChI=1S/C32H39ClN2O4S/c1-20-5-3-7-29(38-2)26-12-9-23(26)17-35-18-27-25-13-11-24(33)15-21(25)6-4-8-30(27)39-31-14-10-22(16-28(31)35)32(36)34-40(37)19-20/h3,7,10-11,13-16,20,23,26-27,29-30,40H,4-6,8-9,12,17-19H2,1-2H3/b7-3+/t20-,23-,26+,27+,29-,30?/m0/s1.